The number of rotatable bonds is 2. The van der Waals surface area contributed by atoms with Crippen LogP contribution in [0, 0.1) is 0 Å². The summed E-state index contributed by atoms with van der Waals surface area (Å²) in [4.78, 5) is 26.1. The van der Waals surface area contributed by atoms with Crippen LogP contribution >= 0.6 is 15.9 Å². The number of fused-ring (bicyclic) bond motifs is 1. The molecule has 116 valence electrons. The van der Waals surface area contributed by atoms with Gasteiger partial charge in [0.25, 0.3) is 11.5 Å². The fourth-order valence-electron chi connectivity index (χ4n) is 2.73. The lowest BCUT2D eigenvalue weighted by atomic mass is 10.1. The van der Waals surface area contributed by atoms with Crippen molar-refractivity contribution >= 4 is 32.6 Å². The molecule has 0 atom stereocenters. The highest BCUT2D eigenvalue weighted by Crippen LogP contribution is 2.25. The first-order valence-electron chi connectivity index (χ1n) is 7.10. The largest absolute Gasteiger partial charge is 0.333 e. The molecule has 0 unspecified atom stereocenters. The van der Waals surface area contributed by atoms with Crippen molar-refractivity contribution in [3.8, 4) is 0 Å². The van der Waals surface area contributed by atoms with Crippen molar-refractivity contribution in [2.24, 2.45) is 0 Å². The Balaban J connectivity index is 1.59. The van der Waals surface area contributed by atoms with E-state index >= 15 is 0 Å². The number of aromatic amines is 1. The van der Waals surface area contributed by atoms with Crippen LogP contribution in [0.25, 0.3) is 10.8 Å². The molecule has 3 aromatic rings. The van der Waals surface area contributed by atoms with Gasteiger partial charge in [0.1, 0.15) is 0 Å². The zero-order valence-electron chi connectivity index (χ0n) is 11.9. The summed E-state index contributed by atoms with van der Waals surface area (Å²) in [6.45, 7) is 1.14. The number of hydrogen-bond acceptors (Lipinski definition) is 4. The second kappa shape index (κ2) is 5.31. The summed E-state index contributed by atoms with van der Waals surface area (Å²) in [6.07, 6.45) is 3.61. The molecule has 1 amide bonds. The van der Waals surface area contributed by atoms with Crippen LogP contribution in [0.1, 0.15) is 16.5 Å². The maximum Gasteiger partial charge on any atom is 0.275 e. The molecule has 3 heterocycles. The number of carbonyl (C=O) groups is 1. The molecule has 1 fully saturated rings. The molecule has 0 aliphatic carbocycles. The molecule has 7 nitrogen and oxygen atoms in total. The van der Waals surface area contributed by atoms with Gasteiger partial charge in [0.15, 0.2) is 5.69 Å². The zero-order chi connectivity index (χ0) is 16.0. The van der Waals surface area contributed by atoms with Gasteiger partial charge in [-0.25, -0.2) is 5.10 Å². The molecule has 1 saturated heterocycles. The van der Waals surface area contributed by atoms with Crippen molar-refractivity contribution in [1.29, 1.82) is 0 Å². The predicted molar refractivity (Wildman–Crippen MR) is 87.2 cm³/mol. The summed E-state index contributed by atoms with van der Waals surface area (Å²) >= 11 is 3.36. The number of likely N-dealkylation sites (tertiary alicyclic amines) is 1. The van der Waals surface area contributed by atoms with Crippen LogP contribution in [-0.4, -0.2) is 43.9 Å². The van der Waals surface area contributed by atoms with E-state index in [0.29, 0.717) is 23.9 Å². The molecule has 23 heavy (non-hydrogen) atoms. The van der Waals surface area contributed by atoms with Crippen LogP contribution in [0.15, 0.2) is 45.9 Å². The number of amides is 1. The van der Waals surface area contributed by atoms with Crippen molar-refractivity contribution in [2.45, 2.75) is 6.04 Å². The van der Waals surface area contributed by atoms with Gasteiger partial charge in [-0.3, -0.25) is 14.3 Å². The smallest absolute Gasteiger partial charge is 0.275 e. The normalized spacial score (nSPS) is 14.9. The molecule has 0 bridgehead atoms. The Morgan fingerprint density at radius 1 is 1.26 bits per heavy atom. The Morgan fingerprint density at radius 3 is 2.70 bits per heavy atom. The first-order chi connectivity index (χ1) is 11.1. The van der Waals surface area contributed by atoms with Crippen LogP contribution in [-0.2, 0) is 0 Å². The minimum absolute atomic E-state index is 0.166. The second-order valence-corrected chi connectivity index (χ2v) is 6.37. The fourth-order valence-corrected chi connectivity index (χ4v) is 3.03. The quantitative estimate of drug-likeness (QED) is 0.738. The van der Waals surface area contributed by atoms with Gasteiger partial charge in [-0.2, -0.15) is 10.2 Å². The van der Waals surface area contributed by atoms with E-state index < -0.39 is 0 Å². The highest BCUT2D eigenvalue weighted by molar-refractivity contribution is 9.10. The molecule has 0 radical (unpaired) electrons. The maximum atomic E-state index is 12.6. The van der Waals surface area contributed by atoms with E-state index in [-0.39, 0.29) is 23.2 Å². The minimum Gasteiger partial charge on any atom is -0.333 e. The van der Waals surface area contributed by atoms with Gasteiger partial charge in [-0.15, -0.1) is 0 Å². The van der Waals surface area contributed by atoms with Gasteiger partial charge in [0.05, 0.1) is 22.1 Å². The van der Waals surface area contributed by atoms with Gasteiger partial charge in [0.2, 0.25) is 0 Å². The molecule has 0 saturated carbocycles. The fraction of sp³-hybridized carbons (Fsp3) is 0.200. The lowest BCUT2D eigenvalue weighted by Gasteiger charge is -2.38. The lowest BCUT2D eigenvalue weighted by molar-refractivity contribution is 0.0496. The Morgan fingerprint density at radius 2 is 2.00 bits per heavy atom. The van der Waals surface area contributed by atoms with E-state index in [1.807, 2.05) is 10.9 Å². The summed E-state index contributed by atoms with van der Waals surface area (Å²) in [5.74, 6) is -0.181. The van der Waals surface area contributed by atoms with Crippen molar-refractivity contribution in [1.82, 2.24) is 24.9 Å². The summed E-state index contributed by atoms with van der Waals surface area (Å²) in [5.41, 5.74) is -0.0136. The maximum absolute atomic E-state index is 12.6. The molecular formula is C15H12BrN5O2. The van der Waals surface area contributed by atoms with E-state index in [9.17, 15) is 9.59 Å². The average Bonchev–Trinajstić information content (AvgIpc) is 2.92. The van der Waals surface area contributed by atoms with E-state index in [0.717, 1.165) is 4.47 Å². The summed E-state index contributed by atoms with van der Waals surface area (Å²) in [5, 5.41) is 11.6. The SMILES string of the molecule is O=C(c1n[nH]c(=O)c2ccccc12)N1CC(n2cc(Br)cn2)C1. The number of hydrogen-bond donors (Lipinski definition) is 1. The van der Waals surface area contributed by atoms with Crippen LogP contribution in [0.4, 0.5) is 0 Å². The average molecular weight is 374 g/mol. The number of nitrogens with one attached hydrogen (secondary N) is 1. The second-order valence-electron chi connectivity index (χ2n) is 5.45. The molecule has 4 rings (SSSR count). The van der Waals surface area contributed by atoms with Crippen molar-refractivity contribution in [2.75, 3.05) is 13.1 Å². The third kappa shape index (κ3) is 2.35. The molecule has 8 heteroatoms. The topological polar surface area (TPSA) is 83.9 Å². The lowest BCUT2D eigenvalue weighted by Crippen LogP contribution is -2.51. The van der Waals surface area contributed by atoms with Crippen LogP contribution < -0.4 is 5.56 Å². The van der Waals surface area contributed by atoms with Crippen LogP contribution in [0.5, 0.6) is 0 Å². The standard InChI is InChI=1S/C15H12BrN5O2/c16-9-5-17-21(6-9)10-7-20(8-10)15(23)13-11-3-1-2-4-12(11)14(22)19-18-13/h1-6,10H,7-8H2,(H,19,22). The molecule has 1 aliphatic rings. The zero-order valence-corrected chi connectivity index (χ0v) is 13.5. The van der Waals surface area contributed by atoms with Crippen molar-refractivity contribution in [3.63, 3.8) is 0 Å². The number of aromatic nitrogens is 4. The number of benzene rings is 1. The van der Waals surface area contributed by atoms with Gasteiger partial charge in [-0.05, 0) is 22.0 Å². The van der Waals surface area contributed by atoms with Gasteiger partial charge < -0.3 is 4.90 Å². The van der Waals surface area contributed by atoms with E-state index in [2.05, 4.69) is 31.2 Å². The number of halogens is 1. The van der Waals surface area contributed by atoms with Crippen molar-refractivity contribution < 1.29 is 4.79 Å². The van der Waals surface area contributed by atoms with Gasteiger partial charge in [-0.1, -0.05) is 18.2 Å². The number of nitrogens with zero attached hydrogens (tertiary/aromatic N) is 4. The first kappa shape index (κ1) is 14.1. The Labute approximate surface area is 139 Å². The summed E-state index contributed by atoms with van der Waals surface area (Å²) < 4.78 is 2.75. The Hall–Kier alpha value is -2.48. The molecule has 1 aromatic carbocycles. The Kier molecular flexibility index (Phi) is 3.26. The molecule has 2 aromatic heterocycles. The van der Waals surface area contributed by atoms with Crippen LogP contribution in [0.3, 0.4) is 0 Å². The van der Waals surface area contributed by atoms with E-state index in [4.69, 9.17) is 0 Å². The minimum atomic E-state index is -0.292. The van der Waals surface area contributed by atoms with Crippen molar-refractivity contribution in [3.05, 3.63) is 57.2 Å². The first-order valence-corrected chi connectivity index (χ1v) is 7.89. The number of carbonyl (C=O) groups excluding carboxylic acids is 1. The van der Waals surface area contributed by atoms with Gasteiger partial charge >= 0.3 is 0 Å². The highest BCUT2D eigenvalue weighted by atomic mass is 79.9. The molecular weight excluding hydrogens is 362 g/mol. The predicted octanol–water partition coefficient (Wildman–Crippen LogP) is 1.58. The summed E-state index contributed by atoms with van der Waals surface area (Å²) in [6, 6.07) is 7.15. The third-order valence-corrected chi connectivity index (χ3v) is 4.40. The van der Waals surface area contributed by atoms with E-state index in [1.165, 1.54) is 0 Å². The number of H-pyrrole nitrogens is 1. The molecule has 1 aliphatic heterocycles. The summed E-state index contributed by atoms with van der Waals surface area (Å²) in [7, 11) is 0. The van der Waals surface area contributed by atoms with Crippen LogP contribution in [0.2, 0.25) is 0 Å². The third-order valence-electron chi connectivity index (χ3n) is 3.99. The Bertz CT molecular complexity index is 958. The highest BCUT2D eigenvalue weighted by Gasteiger charge is 2.34. The monoisotopic (exact) mass is 373 g/mol. The van der Waals surface area contributed by atoms with Gasteiger partial charge in [0, 0.05) is 24.7 Å². The molecule has 0 spiro atoms. The molecule has 1 N–H and O–H groups in total. The van der Waals surface area contributed by atoms with E-state index in [1.54, 1.807) is 35.4 Å².